The van der Waals surface area contributed by atoms with E-state index < -0.39 is 30.2 Å². The van der Waals surface area contributed by atoms with E-state index in [2.05, 4.69) is 20.1 Å². The third-order valence-electron chi connectivity index (χ3n) is 5.13. The van der Waals surface area contributed by atoms with Gasteiger partial charge in [0.2, 0.25) is 0 Å². The molecule has 0 aliphatic carbocycles. The number of hydrogen-bond donors (Lipinski definition) is 1. The maximum Gasteiger partial charge on any atom is 0.425 e. The van der Waals surface area contributed by atoms with Crippen LogP contribution in [0, 0.1) is 6.92 Å². The molecule has 4 rings (SSSR count). The zero-order valence-corrected chi connectivity index (χ0v) is 18.9. The van der Waals surface area contributed by atoms with Crippen molar-refractivity contribution in [2.24, 2.45) is 0 Å². The van der Waals surface area contributed by atoms with Gasteiger partial charge < -0.3 is 14.5 Å². The predicted molar refractivity (Wildman–Crippen MR) is 116 cm³/mol. The molecule has 3 heterocycles. The summed E-state index contributed by atoms with van der Waals surface area (Å²) in [6.07, 6.45) is -2.49. The summed E-state index contributed by atoms with van der Waals surface area (Å²) in [7, 11) is 0. The average Bonchev–Trinajstić information content (AvgIpc) is 3.34. The molecule has 0 saturated heterocycles. The summed E-state index contributed by atoms with van der Waals surface area (Å²) in [5.41, 5.74) is 0.888. The van der Waals surface area contributed by atoms with E-state index in [1.54, 1.807) is 32.2 Å². The SMILES string of the molecule is Cc1cc(C(=O)OC(C)C(F)(F)F)c2oc(C(C)NC(=O)c3cnn4cccnc34)c(Cl)c2c1. The van der Waals surface area contributed by atoms with Crippen LogP contribution in [0.1, 0.15) is 51.9 Å². The Labute approximate surface area is 195 Å². The van der Waals surface area contributed by atoms with Crippen molar-refractivity contribution in [3.05, 3.63) is 64.3 Å². The lowest BCUT2D eigenvalue weighted by Gasteiger charge is -2.16. The van der Waals surface area contributed by atoms with Gasteiger partial charge in [-0.2, -0.15) is 18.3 Å². The summed E-state index contributed by atoms with van der Waals surface area (Å²) >= 11 is 6.48. The molecule has 3 aromatic heterocycles. The standard InChI is InChI=1S/C22H18ClF3N4O4/c1-10-7-13-16(23)17(34-18(13)14(8-10)21(32)33-12(3)22(24,25)26)11(2)29-20(31)15-9-28-30-6-4-5-27-19(15)30/h4-9,11-12H,1-3H3,(H,29,31). The van der Waals surface area contributed by atoms with Crippen molar-refractivity contribution in [2.45, 2.75) is 39.1 Å². The van der Waals surface area contributed by atoms with Crippen LogP contribution >= 0.6 is 11.6 Å². The van der Waals surface area contributed by atoms with Crippen molar-refractivity contribution in [3.8, 4) is 0 Å². The molecule has 0 aliphatic rings. The second kappa shape index (κ2) is 8.64. The number of esters is 1. The fourth-order valence-corrected chi connectivity index (χ4v) is 3.72. The zero-order chi connectivity index (χ0) is 24.8. The molecule has 178 valence electrons. The number of carbonyl (C=O) groups is 2. The third-order valence-corrected chi connectivity index (χ3v) is 5.52. The molecule has 0 saturated carbocycles. The van der Waals surface area contributed by atoms with Gasteiger partial charge in [0.15, 0.2) is 17.3 Å². The van der Waals surface area contributed by atoms with Crippen molar-refractivity contribution < 1.29 is 31.9 Å². The highest BCUT2D eigenvalue weighted by molar-refractivity contribution is 6.36. The summed E-state index contributed by atoms with van der Waals surface area (Å²) in [5.74, 6) is -1.57. The lowest BCUT2D eigenvalue weighted by atomic mass is 10.1. The van der Waals surface area contributed by atoms with Gasteiger partial charge in [-0.15, -0.1) is 0 Å². The number of rotatable bonds is 5. The number of benzene rings is 1. The van der Waals surface area contributed by atoms with Gasteiger partial charge in [-0.3, -0.25) is 4.79 Å². The van der Waals surface area contributed by atoms with Gasteiger partial charge in [0.1, 0.15) is 16.9 Å². The number of nitrogens with zero attached hydrogens (tertiary/aromatic N) is 3. The molecule has 0 spiro atoms. The van der Waals surface area contributed by atoms with Crippen molar-refractivity contribution in [1.29, 1.82) is 0 Å². The summed E-state index contributed by atoms with van der Waals surface area (Å²) in [4.78, 5) is 29.4. The number of hydrogen-bond acceptors (Lipinski definition) is 6. The first-order valence-electron chi connectivity index (χ1n) is 10.1. The summed E-state index contributed by atoms with van der Waals surface area (Å²) in [6, 6.07) is 3.88. The molecule has 1 amide bonds. The first kappa shape index (κ1) is 23.6. The first-order valence-corrected chi connectivity index (χ1v) is 10.4. The molecular formula is C22H18ClF3N4O4. The Morgan fingerprint density at radius 1 is 1.24 bits per heavy atom. The number of alkyl halides is 3. The van der Waals surface area contributed by atoms with E-state index >= 15 is 0 Å². The largest absolute Gasteiger partial charge is 0.456 e. The minimum Gasteiger partial charge on any atom is -0.456 e. The molecule has 2 unspecified atom stereocenters. The van der Waals surface area contributed by atoms with E-state index in [0.717, 1.165) is 6.92 Å². The monoisotopic (exact) mass is 494 g/mol. The number of nitrogens with one attached hydrogen (secondary N) is 1. The quantitative estimate of drug-likeness (QED) is 0.390. The number of furan rings is 1. The Morgan fingerprint density at radius 2 is 1.97 bits per heavy atom. The number of aromatic nitrogens is 3. The molecule has 0 aliphatic heterocycles. The Bertz CT molecular complexity index is 1410. The molecule has 12 heteroatoms. The fourth-order valence-electron chi connectivity index (χ4n) is 3.38. The van der Waals surface area contributed by atoms with Crippen LogP contribution in [0.5, 0.6) is 0 Å². The van der Waals surface area contributed by atoms with Gasteiger partial charge in [-0.25, -0.2) is 14.3 Å². The van der Waals surface area contributed by atoms with Gasteiger partial charge in [-0.1, -0.05) is 11.6 Å². The molecule has 2 atom stereocenters. The molecule has 4 aromatic rings. The van der Waals surface area contributed by atoms with Crippen LogP contribution in [0.4, 0.5) is 13.2 Å². The molecule has 8 nitrogen and oxygen atoms in total. The van der Waals surface area contributed by atoms with E-state index in [0.29, 0.717) is 16.6 Å². The Hall–Kier alpha value is -3.60. The topological polar surface area (TPSA) is 98.7 Å². The summed E-state index contributed by atoms with van der Waals surface area (Å²) in [6.45, 7) is 3.99. The minimum atomic E-state index is -4.71. The van der Waals surface area contributed by atoms with Crippen LogP contribution in [0.15, 0.2) is 41.2 Å². The van der Waals surface area contributed by atoms with Gasteiger partial charge in [-0.05, 0) is 44.5 Å². The van der Waals surface area contributed by atoms with Gasteiger partial charge >= 0.3 is 12.1 Å². The molecule has 0 fully saturated rings. The lowest BCUT2D eigenvalue weighted by molar-refractivity contribution is -0.198. The van der Waals surface area contributed by atoms with E-state index in [1.165, 1.54) is 23.0 Å². The molecule has 1 aromatic carbocycles. The van der Waals surface area contributed by atoms with Crippen LogP contribution < -0.4 is 5.32 Å². The number of fused-ring (bicyclic) bond motifs is 2. The van der Waals surface area contributed by atoms with Crippen molar-refractivity contribution in [1.82, 2.24) is 19.9 Å². The predicted octanol–water partition coefficient (Wildman–Crippen LogP) is 5.04. The zero-order valence-electron chi connectivity index (χ0n) is 18.1. The fraction of sp³-hybridized carbons (Fsp3) is 0.273. The lowest BCUT2D eigenvalue weighted by Crippen LogP contribution is -2.31. The van der Waals surface area contributed by atoms with Gasteiger partial charge in [0.25, 0.3) is 5.91 Å². The molecule has 34 heavy (non-hydrogen) atoms. The van der Waals surface area contributed by atoms with Crippen LogP contribution in [-0.4, -0.2) is 38.8 Å². The van der Waals surface area contributed by atoms with Gasteiger partial charge in [0, 0.05) is 17.8 Å². The number of carbonyl (C=O) groups excluding carboxylic acids is 2. The maximum absolute atomic E-state index is 12.9. The molecular weight excluding hydrogens is 477 g/mol. The van der Waals surface area contributed by atoms with Crippen LogP contribution in [0.3, 0.4) is 0 Å². The highest BCUT2D eigenvalue weighted by atomic mass is 35.5. The van der Waals surface area contributed by atoms with Crippen LogP contribution in [0.2, 0.25) is 5.02 Å². The molecule has 0 radical (unpaired) electrons. The highest BCUT2D eigenvalue weighted by Crippen LogP contribution is 2.37. The Balaban J connectivity index is 1.65. The van der Waals surface area contributed by atoms with Crippen molar-refractivity contribution >= 4 is 40.1 Å². The van der Waals surface area contributed by atoms with Crippen molar-refractivity contribution in [2.75, 3.05) is 0 Å². The molecule has 1 N–H and O–H groups in total. The van der Waals surface area contributed by atoms with Crippen LogP contribution in [-0.2, 0) is 4.74 Å². The smallest absolute Gasteiger partial charge is 0.425 e. The maximum atomic E-state index is 12.9. The third kappa shape index (κ3) is 4.30. The summed E-state index contributed by atoms with van der Waals surface area (Å²) < 4.78 is 50.4. The Kier molecular flexibility index (Phi) is 5.98. The van der Waals surface area contributed by atoms with Crippen LogP contribution in [0.25, 0.3) is 16.6 Å². The molecule has 0 bridgehead atoms. The number of ether oxygens (including phenoxy) is 1. The van der Waals surface area contributed by atoms with Gasteiger partial charge in [0.05, 0.1) is 17.3 Å². The normalized spacial score (nSPS) is 13.7. The summed E-state index contributed by atoms with van der Waals surface area (Å²) in [5, 5.41) is 7.22. The Morgan fingerprint density at radius 3 is 2.68 bits per heavy atom. The number of amides is 1. The number of halogens is 4. The van der Waals surface area contributed by atoms with E-state index in [4.69, 9.17) is 16.0 Å². The highest BCUT2D eigenvalue weighted by Gasteiger charge is 2.40. The van der Waals surface area contributed by atoms with E-state index in [1.807, 2.05) is 0 Å². The van der Waals surface area contributed by atoms with E-state index in [9.17, 15) is 22.8 Å². The second-order valence-electron chi connectivity index (χ2n) is 7.70. The van der Waals surface area contributed by atoms with E-state index in [-0.39, 0.29) is 27.5 Å². The second-order valence-corrected chi connectivity index (χ2v) is 8.08. The number of aryl methyl sites for hydroxylation is 1. The van der Waals surface area contributed by atoms with Crippen molar-refractivity contribution in [3.63, 3.8) is 0 Å². The minimum absolute atomic E-state index is 0.0382. The first-order chi connectivity index (χ1) is 16.0. The average molecular weight is 495 g/mol.